The average molecular weight is 680 g/mol. The lowest BCUT2D eigenvalue weighted by molar-refractivity contribution is -0.120. The number of terminal acetylenes is 1. The molecule has 4 fully saturated rings. The molecule has 1 N–H and O–H groups in total. The van der Waals surface area contributed by atoms with E-state index in [0.717, 1.165) is 38.3 Å². The maximum Gasteiger partial charge on any atom is 0.319 e. The molecule has 0 spiro atoms. The number of anilines is 1. The van der Waals surface area contributed by atoms with Gasteiger partial charge in [0.2, 0.25) is 0 Å². The molecule has 2 unspecified atom stereocenters. The molecule has 0 radical (unpaired) electrons. The van der Waals surface area contributed by atoms with Gasteiger partial charge < -0.3 is 19.7 Å². The van der Waals surface area contributed by atoms with Crippen molar-refractivity contribution in [2.75, 3.05) is 37.7 Å². The summed E-state index contributed by atoms with van der Waals surface area (Å²) in [6.45, 7) is 2.38. The summed E-state index contributed by atoms with van der Waals surface area (Å²) in [5.41, 5.74) is -1.89. The molecule has 4 aliphatic heterocycles. The average Bonchev–Trinajstić information content (AvgIpc) is 3.72. The van der Waals surface area contributed by atoms with Gasteiger partial charge in [-0.1, -0.05) is 23.6 Å². The van der Waals surface area contributed by atoms with Crippen molar-refractivity contribution in [2.45, 2.75) is 55.9 Å². The zero-order valence-corrected chi connectivity index (χ0v) is 26.4. The Morgan fingerprint density at radius 2 is 1.90 bits per heavy atom. The van der Waals surface area contributed by atoms with Gasteiger partial charge in [0.25, 0.3) is 6.47 Å². The van der Waals surface area contributed by atoms with Crippen LogP contribution in [0.15, 0.2) is 24.3 Å². The summed E-state index contributed by atoms with van der Waals surface area (Å²) < 4.78 is 74.4. The number of alkyl halides is 1. The molecule has 8 nitrogen and oxygen atoms in total. The number of hydrogen-bond acceptors (Lipinski definition) is 8. The topological polar surface area (TPSA) is 79.8 Å². The van der Waals surface area contributed by atoms with E-state index in [1.807, 2.05) is 4.90 Å². The van der Waals surface area contributed by atoms with E-state index in [4.69, 9.17) is 27.5 Å². The SMILES string of the molecule is C#Cc1c(F)ccc2cc(OC=O)cc(-c3c(F)c(Cl)c4c(N5CC6CCC(C5)N6)nc(OC[C@@]56CCCN5C[C@H](F)C6)nc4c3F)c12. The van der Waals surface area contributed by atoms with Gasteiger partial charge in [-0.3, -0.25) is 9.69 Å². The van der Waals surface area contributed by atoms with Crippen molar-refractivity contribution in [1.82, 2.24) is 20.2 Å². The number of aromatic nitrogens is 2. The van der Waals surface area contributed by atoms with E-state index in [0.29, 0.717) is 26.1 Å². The standard InChI is InChI=1S/C35H30ClF4N5O3/c1-2-23-25(38)7-4-18-10-22(48-17-46)11-24(26(18)23)27-30(39)29(36)28-32(31(27)40)42-34(43-33(28)44-14-20-5-6-21(15-44)41-20)47-16-35-8-3-9-45(35)13-19(37)12-35/h1,4,7,10-11,17,19-21,41H,3,5-6,8-9,12-16H2/t19-,20?,21?,35+/m1/s1. The third kappa shape index (κ3) is 4.94. The first-order valence-corrected chi connectivity index (χ1v) is 16.3. The van der Waals surface area contributed by atoms with Crippen molar-refractivity contribution < 1.29 is 31.8 Å². The molecular formula is C35H30ClF4N5O3. The third-order valence-electron chi connectivity index (χ3n) is 10.3. The first-order valence-electron chi connectivity index (χ1n) is 15.9. The minimum Gasteiger partial charge on any atom is -0.461 e. The number of hydrogen-bond donors (Lipinski definition) is 1. The van der Waals surface area contributed by atoms with E-state index >= 15 is 8.78 Å². The van der Waals surface area contributed by atoms with Crippen molar-refractivity contribution in [2.24, 2.45) is 0 Å². The van der Waals surface area contributed by atoms with Gasteiger partial charge in [-0.2, -0.15) is 9.97 Å². The largest absolute Gasteiger partial charge is 0.461 e. The maximum atomic E-state index is 17.1. The third-order valence-corrected chi connectivity index (χ3v) is 10.7. The van der Waals surface area contributed by atoms with Crippen LogP contribution >= 0.6 is 11.6 Å². The number of benzene rings is 3. The number of ether oxygens (including phenoxy) is 2. The number of rotatable bonds is 7. The van der Waals surface area contributed by atoms with Gasteiger partial charge in [-0.05, 0) is 55.8 Å². The molecule has 0 saturated carbocycles. The van der Waals surface area contributed by atoms with E-state index in [2.05, 4.69) is 26.1 Å². The molecule has 0 amide bonds. The van der Waals surface area contributed by atoms with E-state index in [1.54, 1.807) is 0 Å². The number of nitrogens with zero attached hydrogens (tertiary/aromatic N) is 4. The first kappa shape index (κ1) is 31.1. The second kappa shape index (κ2) is 11.8. The number of carbonyl (C=O) groups is 1. The predicted molar refractivity (Wildman–Crippen MR) is 173 cm³/mol. The Hall–Kier alpha value is -4.18. The molecule has 8 rings (SSSR count). The van der Waals surface area contributed by atoms with Crippen LogP contribution in [0.2, 0.25) is 5.02 Å². The lowest BCUT2D eigenvalue weighted by atomic mass is 9.92. The molecule has 48 heavy (non-hydrogen) atoms. The van der Waals surface area contributed by atoms with Crippen LogP contribution in [0.5, 0.6) is 11.8 Å². The Morgan fingerprint density at radius 1 is 1.10 bits per heavy atom. The predicted octanol–water partition coefficient (Wildman–Crippen LogP) is 5.93. The minimum absolute atomic E-state index is 0.0239. The zero-order valence-electron chi connectivity index (χ0n) is 25.7. The van der Waals surface area contributed by atoms with Crippen LogP contribution in [-0.2, 0) is 4.79 Å². The number of fused-ring (bicyclic) bond motifs is 5. The van der Waals surface area contributed by atoms with Gasteiger partial charge in [0.15, 0.2) is 11.6 Å². The fourth-order valence-electron chi connectivity index (χ4n) is 8.25. The second-order valence-electron chi connectivity index (χ2n) is 13.1. The Morgan fingerprint density at radius 3 is 2.65 bits per heavy atom. The lowest BCUT2D eigenvalue weighted by Crippen LogP contribution is -2.51. The number of nitrogens with one attached hydrogen (secondary N) is 1. The van der Waals surface area contributed by atoms with Crippen molar-refractivity contribution in [3.63, 3.8) is 0 Å². The van der Waals surface area contributed by atoms with Gasteiger partial charge in [0.05, 0.1) is 27.1 Å². The summed E-state index contributed by atoms with van der Waals surface area (Å²) in [5.74, 6) is -0.587. The quantitative estimate of drug-likeness (QED) is 0.111. The van der Waals surface area contributed by atoms with Crippen LogP contribution in [0.3, 0.4) is 0 Å². The molecule has 4 atom stereocenters. The van der Waals surface area contributed by atoms with Crippen molar-refractivity contribution in [1.29, 1.82) is 0 Å². The second-order valence-corrected chi connectivity index (χ2v) is 13.5. The van der Waals surface area contributed by atoms with Gasteiger partial charge in [-0.15, -0.1) is 6.42 Å². The maximum absolute atomic E-state index is 17.1. The molecule has 1 aromatic heterocycles. The number of halogens is 5. The summed E-state index contributed by atoms with van der Waals surface area (Å²) in [6, 6.07) is 5.26. The molecule has 4 saturated heterocycles. The van der Waals surface area contributed by atoms with E-state index in [-0.39, 0.29) is 75.5 Å². The number of piperazine rings is 1. The van der Waals surface area contributed by atoms with Crippen LogP contribution in [-0.4, -0.2) is 77.9 Å². The molecule has 0 aliphatic carbocycles. The molecule has 4 aromatic rings. The van der Waals surface area contributed by atoms with Crippen molar-refractivity contribution >= 4 is 45.6 Å². The van der Waals surface area contributed by atoms with Crippen molar-refractivity contribution in [3.8, 4) is 35.2 Å². The van der Waals surface area contributed by atoms with Crippen LogP contribution in [0.1, 0.15) is 37.7 Å². The highest BCUT2D eigenvalue weighted by molar-refractivity contribution is 6.37. The van der Waals surface area contributed by atoms with Gasteiger partial charge >= 0.3 is 6.01 Å². The molecule has 13 heteroatoms. The summed E-state index contributed by atoms with van der Waals surface area (Å²) in [6.07, 6.45) is 8.53. The Kier molecular flexibility index (Phi) is 7.62. The summed E-state index contributed by atoms with van der Waals surface area (Å²) in [7, 11) is 0. The van der Waals surface area contributed by atoms with Gasteiger partial charge in [0, 0.05) is 49.1 Å². The van der Waals surface area contributed by atoms with E-state index in [1.165, 1.54) is 18.2 Å². The van der Waals surface area contributed by atoms with Gasteiger partial charge in [-0.25, -0.2) is 17.6 Å². The normalized spacial score (nSPS) is 25.1. The first-order chi connectivity index (χ1) is 23.2. The molecular weight excluding hydrogens is 650 g/mol. The van der Waals surface area contributed by atoms with Crippen LogP contribution in [0.25, 0.3) is 32.8 Å². The van der Waals surface area contributed by atoms with E-state index < -0.39 is 39.7 Å². The monoisotopic (exact) mass is 679 g/mol. The molecule has 3 aromatic carbocycles. The summed E-state index contributed by atoms with van der Waals surface area (Å²) in [4.78, 5) is 24.4. The Bertz CT molecular complexity index is 2030. The summed E-state index contributed by atoms with van der Waals surface area (Å²) in [5, 5.41) is 3.35. The highest BCUT2D eigenvalue weighted by Crippen LogP contribution is 2.46. The Labute approximate surface area is 278 Å². The highest BCUT2D eigenvalue weighted by Gasteiger charge is 2.49. The van der Waals surface area contributed by atoms with Crippen molar-refractivity contribution in [3.05, 3.63) is 52.3 Å². The van der Waals surface area contributed by atoms with Crippen LogP contribution in [0, 0.1) is 29.8 Å². The molecule has 5 heterocycles. The van der Waals surface area contributed by atoms with Crippen LogP contribution in [0.4, 0.5) is 23.4 Å². The molecule has 248 valence electrons. The zero-order chi connectivity index (χ0) is 33.3. The van der Waals surface area contributed by atoms with Crippen LogP contribution < -0.4 is 19.7 Å². The van der Waals surface area contributed by atoms with Gasteiger partial charge in [0.1, 0.15) is 35.7 Å². The number of carbonyl (C=O) groups excluding carboxylic acids is 1. The smallest absolute Gasteiger partial charge is 0.319 e. The Balaban J connectivity index is 1.34. The fraction of sp³-hybridized carbons (Fsp3) is 0.400. The van der Waals surface area contributed by atoms with E-state index in [9.17, 15) is 13.6 Å². The lowest BCUT2D eigenvalue weighted by Gasteiger charge is -2.35. The molecule has 2 bridgehead atoms. The highest BCUT2D eigenvalue weighted by atomic mass is 35.5. The minimum atomic E-state index is -1.14. The fourth-order valence-corrected chi connectivity index (χ4v) is 8.52. The summed E-state index contributed by atoms with van der Waals surface area (Å²) >= 11 is 6.79. The molecule has 4 aliphatic rings.